The lowest BCUT2D eigenvalue weighted by Gasteiger charge is -2.13. The number of benzene rings is 1. The molecule has 6 heteroatoms. The number of hydrogen-bond acceptors (Lipinski definition) is 3. The van der Waals surface area contributed by atoms with E-state index in [4.69, 9.17) is 0 Å². The van der Waals surface area contributed by atoms with E-state index in [2.05, 4.69) is 10.3 Å². The van der Waals surface area contributed by atoms with Crippen LogP contribution in [0.2, 0.25) is 0 Å². The van der Waals surface area contributed by atoms with Crippen LogP contribution in [0, 0.1) is 11.6 Å². The van der Waals surface area contributed by atoms with Crippen LogP contribution in [0.25, 0.3) is 0 Å². The van der Waals surface area contributed by atoms with Gasteiger partial charge in [0.2, 0.25) is 5.91 Å². The molecule has 3 nitrogen and oxygen atoms in total. The van der Waals surface area contributed by atoms with Gasteiger partial charge in [-0.2, -0.15) is 0 Å². The number of amides is 1. The van der Waals surface area contributed by atoms with Crippen molar-refractivity contribution in [2.75, 3.05) is 5.75 Å². The lowest BCUT2D eigenvalue weighted by molar-refractivity contribution is -0.118. The predicted octanol–water partition coefficient (Wildman–Crippen LogP) is 3.47. The number of halogens is 2. The van der Waals surface area contributed by atoms with Crippen molar-refractivity contribution in [3.8, 4) is 0 Å². The number of carbonyl (C=O) groups is 1. The van der Waals surface area contributed by atoms with Crippen LogP contribution in [0.5, 0.6) is 0 Å². The summed E-state index contributed by atoms with van der Waals surface area (Å²) in [6.07, 6.45) is 3.33. The summed E-state index contributed by atoms with van der Waals surface area (Å²) in [5, 5.41) is 2.31. The zero-order valence-electron chi connectivity index (χ0n) is 12.1. The molecular formula is C16H16F2N2OS. The van der Waals surface area contributed by atoms with Gasteiger partial charge in [0.15, 0.2) is 0 Å². The molecule has 1 amide bonds. The Bertz CT molecular complexity index is 617. The number of nitrogens with zero attached hydrogens (tertiary/aromatic N) is 1. The number of nitrogens with one attached hydrogen (secondary N) is 1. The fourth-order valence-electron chi connectivity index (χ4n) is 1.94. The summed E-state index contributed by atoms with van der Waals surface area (Å²) in [6.45, 7) is 2.07. The number of aromatic nitrogens is 1. The Kier molecular flexibility index (Phi) is 5.89. The molecule has 0 fully saturated rings. The molecule has 0 radical (unpaired) electrons. The van der Waals surface area contributed by atoms with Crippen LogP contribution in [0.4, 0.5) is 8.78 Å². The van der Waals surface area contributed by atoms with Gasteiger partial charge in [-0.1, -0.05) is 12.1 Å². The predicted molar refractivity (Wildman–Crippen MR) is 83.3 cm³/mol. The largest absolute Gasteiger partial charge is 0.351 e. The summed E-state index contributed by atoms with van der Waals surface area (Å²) < 4.78 is 27.3. The van der Waals surface area contributed by atoms with Gasteiger partial charge < -0.3 is 5.32 Å². The first kappa shape index (κ1) is 16.4. The monoisotopic (exact) mass is 322 g/mol. The average molecular weight is 322 g/mol. The molecule has 0 aliphatic heterocycles. The Hall–Kier alpha value is -1.95. The van der Waals surface area contributed by atoms with Crippen LogP contribution in [0.1, 0.15) is 23.3 Å². The second-order valence-corrected chi connectivity index (χ2v) is 6.06. The molecule has 22 heavy (non-hydrogen) atoms. The zero-order chi connectivity index (χ0) is 15.9. The van der Waals surface area contributed by atoms with Gasteiger partial charge in [0.05, 0.1) is 5.75 Å². The fourth-order valence-corrected chi connectivity index (χ4v) is 2.83. The highest BCUT2D eigenvalue weighted by atomic mass is 32.2. The van der Waals surface area contributed by atoms with Gasteiger partial charge in [-0.05, 0) is 30.7 Å². The third kappa shape index (κ3) is 4.53. The van der Waals surface area contributed by atoms with Gasteiger partial charge in [-0.3, -0.25) is 9.78 Å². The van der Waals surface area contributed by atoms with Gasteiger partial charge in [0, 0.05) is 29.8 Å². The minimum atomic E-state index is -0.587. The maximum atomic E-state index is 13.6. The van der Waals surface area contributed by atoms with Crippen molar-refractivity contribution in [1.82, 2.24) is 10.3 Å². The fraction of sp³-hybridized carbons (Fsp3) is 0.250. The van der Waals surface area contributed by atoms with E-state index in [1.165, 1.54) is 30.0 Å². The molecule has 2 rings (SSSR count). The van der Waals surface area contributed by atoms with Crippen molar-refractivity contribution in [1.29, 1.82) is 0 Å². The highest BCUT2D eigenvalue weighted by molar-refractivity contribution is 8.00. The second-order valence-electron chi connectivity index (χ2n) is 4.73. The smallest absolute Gasteiger partial charge is 0.230 e. The average Bonchev–Trinajstić information content (AvgIpc) is 2.52. The van der Waals surface area contributed by atoms with E-state index in [0.717, 1.165) is 5.56 Å². The Labute approximate surface area is 132 Å². The molecule has 0 saturated heterocycles. The van der Waals surface area contributed by atoms with Crippen molar-refractivity contribution in [3.05, 3.63) is 65.5 Å². The second kappa shape index (κ2) is 7.89. The normalized spacial score (nSPS) is 12.0. The summed E-state index contributed by atoms with van der Waals surface area (Å²) in [5.41, 5.74) is 0.904. The highest BCUT2D eigenvalue weighted by Gasteiger charge is 2.17. The Morgan fingerprint density at radius 1 is 1.27 bits per heavy atom. The maximum Gasteiger partial charge on any atom is 0.230 e. The molecule has 1 atom stereocenters. The Morgan fingerprint density at radius 2 is 2.00 bits per heavy atom. The van der Waals surface area contributed by atoms with E-state index in [0.29, 0.717) is 6.54 Å². The molecule has 1 aromatic heterocycles. The van der Waals surface area contributed by atoms with Crippen molar-refractivity contribution in [2.24, 2.45) is 0 Å². The summed E-state index contributed by atoms with van der Waals surface area (Å²) in [7, 11) is 0. The third-order valence-electron chi connectivity index (χ3n) is 3.08. The minimum absolute atomic E-state index is 0.00700. The van der Waals surface area contributed by atoms with E-state index < -0.39 is 16.9 Å². The zero-order valence-corrected chi connectivity index (χ0v) is 12.9. The van der Waals surface area contributed by atoms with Crippen molar-refractivity contribution < 1.29 is 13.6 Å². The van der Waals surface area contributed by atoms with E-state index in [1.807, 2.05) is 6.07 Å². The lowest BCUT2D eigenvalue weighted by Crippen LogP contribution is -2.25. The molecule has 116 valence electrons. The topological polar surface area (TPSA) is 42.0 Å². The van der Waals surface area contributed by atoms with Crippen LogP contribution in [0.15, 0.2) is 42.7 Å². The number of hydrogen-bond donors (Lipinski definition) is 1. The molecule has 0 saturated carbocycles. The summed E-state index contributed by atoms with van der Waals surface area (Å²) in [4.78, 5) is 15.7. The molecule has 2 aromatic rings. The maximum absolute atomic E-state index is 13.6. The van der Waals surface area contributed by atoms with Crippen LogP contribution in [-0.2, 0) is 11.3 Å². The van der Waals surface area contributed by atoms with Crippen molar-refractivity contribution in [3.63, 3.8) is 0 Å². The number of rotatable bonds is 6. The molecule has 0 aliphatic rings. The molecule has 0 bridgehead atoms. The first-order valence-corrected chi connectivity index (χ1v) is 7.84. The molecule has 1 heterocycles. The summed E-state index contributed by atoms with van der Waals surface area (Å²) in [5.74, 6) is -1.22. The van der Waals surface area contributed by atoms with Gasteiger partial charge in [0.25, 0.3) is 0 Å². The van der Waals surface area contributed by atoms with Crippen LogP contribution in [0.3, 0.4) is 0 Å². The SMILES string of the molecule is C[C@@H](SCC(=O)NCc1cccnc1)c1c(F)cccc1F. The molecule has 0 spiro atoms. The van der Waals surface area contributed by atoms with Crippen molar-refractivity contribution >= 4 is 17.7 Å². The van der Waals surface area contributed by atoms with E-state index in [1.54, 1.807) is 25.4 Å². The Balaban J connectivity index is 1.83. The molecule has 0 aliphatic carbocycles. The van der Waals surface area contributed by atoms with Gasteiger partial charge >= 0.3 is 0 Å². The standard InChI is InChI=1S/C16H16F2N2OS/c1-11(16-13(17)5-2-6-14(16)18)22-10-15(21)20-9-12-4-3-7-19-8-12/h2-8,11H,9-10H2,1H3,(H,20,21)/t11-/m1/s1. The number of thioether (sulfide) groups is 1. The highest BCUT2D eigenvalue weighted by Crippen LogP contribution is 2.31. The molecule has 0 unspecified atom stereocenters. The van der Waals surface area contributed by atoms with E-state index in [9.17, 15) is 13.6 Å². The quantitative estimate of drug-likeness (QED) is 0.885. The lowest BCUT2D eigenvalue weighted by atomic mass is 10.1. The van der Waals surface area contributed by atoms with Gasteiger partial charge in [-0.15, -0.1) is 11.8 Å². The summed E-state index contributed by atoms with van der Waals surface area (Å²) >= 11 is 1.19. The van der Waals surface area contributed by atoms with Gasteiger partial charge in [-0.25, -0.2) is 8.78 Å². The first-order chi connectivity index (χ1) is 10.6. The Morgan fingerprint density at radius 3 is 2.64 bits per heavy atom. The van der Waals surface area contributed by atoms with Crippen LogP contribution in [-0.4, -0.2) is 16.6 Å². The molecule has 1 aromatic carbocycles. The number of carbonyl (C=O) groups excluding carboxylic acids is 1. The van der Waals surface area contributed by atoms with Crippen molar-refractivity contribution in [2.45, 2.75) is 18.7 Å². The van der Waals surface area contributed by atoms with Crippen LogP contribution >= 0.6 is 11.8 Å². The van der Waals surface area contributed by atoms with E-state index in [-0.39, 0.29) is 17.2 Å². The number of pyridine rings is 1. The summed E-state index contributed by atoms with van der Waals surface area (Å²) in [6, 6.07) is 7.42. The molecule has 1 N–H and O–H groups in total. The first-order valence-electron chi connectivity index (χ1n) is 6.79. The molecular weight excluding hydrogens is 306 g/mol. The minimum Gasteiger partial charge on any atom is -0.351 e. The van der Waals surface area contributed by atoms with E-state index >= 15 is 0 Å². The third-order valence-corrected chi connectivity index (χ3v) is 4.25. The van der Waals surface area contributed by atoms with Crippen LogP contribution < -0.4 is 5.32 Å². The van der Waals surface area contributed by atoms with Gasteiger partial charge in [0.1, 0.15) is 11.6 Å².